The van der Waals surface area contributed by atoms with Crippen LogP contribution in [0, 0.1) is 5.82 Å². The van der Waals surface area contributed by atoms with E-state index in [9.17, 15) is 9.18 Å². The lowest BCUT2D eigenvalue weighted by Crippen LogP contribution is -2.43. The van der Waals surface area contributed by atoms with Crippen molar-refractivity contribution in [3.8, 4) is 5.75 Å². The molecule has 6 heteroatoms. The molecule has 1 amide bonds. The number of benzene rings is 1. The Morgan fingerprint density at radius 1 is 1.46 bits per heavy atom. The van der Waals surface area contributed by atoms with Crippen LogP contribution in [-0.2, 0) is 17.8 Å². The quantitative estimate of drug-likeness (QED) is 0.896. The molecule has 1 N–H and O–H groups in total. The molecule has 3 rings (SSSR count). The number of ether oxygens (including phenoxy) is 1. The zero-order chi connectivity index (χ0) is 17.1. The van der Waals surface area contributed by atoms with Crippen LogP contribution in [0.2, 0.25) is 0 Å². The van der Waals surface area contributed by atoms with Gasteiger partial charge in [-0.1, -0.05) is 0 Å². The Kier molecular flexibility index (Phi) is 5.04. The highest BCUT2D eigenvalue weighted by atomic mass is 32.1. The van der Waals surface area contributed by atoms with Gasteiger partial charge in [0.2, 0.25) is 5.91 Å². The Morgan fingerprint density at radius 3 is 3.04 bits per heavy atom. The maximum atomic E-state index is 13.9. The molecule has 0 radical (unpaired) electrons. The maximum Gasteiger partial charge on any atom is 0.245 e. The van der Waals surface area contributed by atoms with E-state index in [-0.39, 0.29) is 11.7 Å². The molecule has 0 unspecified atom stereocenters. The number of carbonyl (C=O) groups is 1. The second-order valence-electron chi connectivity index (χ2n) is 5.82. The highest BCUT2D eigenvalue weighted by Gasteiger charge is 2.25. The first-order valence-corrected chi connectivity index (χ1v) is 8.99. The summed E-state index contributed by atoms with van der Waals surface area (Å²) in [6.07, 6.45) is 0.906. The van der Waals surface area contributed by atoms with E-state index in [4.69, 9.17) is 4.74 Å². The molecule has 1 aromatic heterocycles. The van der Waals surface area contributed by atoms with Crippen molar-refractivity contribution >= 4 is 22.9 Å². The first-order chi connectivity index (χ1) is 11.6. The summed E-state index contributed by atoms with van der Waals surface area (Å²) in [6.45, 7) is 5.42. The Labute approximate surface area is 145 Å². The SMILES string of the molecule is CCOc1ccc(N[C@@H](C)C(=O)N2CCc3sccc3C2)cc1F. The third kappa shape index (κ3) is 3.53. The number of hydrogen-bond donors (Lipinski definition) is 1. The van der Waals surface area contributed by atoms with Crippen LogP contribution in [0.25, 0.3) is 0 Å². The van der Waals surface area contributed by atoms with Crippen molar-refractivity contribution in [2.24, 2.45) is 0 Å². The van der Waals surface area contributed by atoms with Gasteiger partial charge in [0, 0.05) is 29.7 Å². The van der Waals surface area contributed by atoms with Gasteiger partial charge >= 0.3 is 0 Å². The summed E-state index contributed by atoms with van der Waals surface area (Å²) < 4.78 is 19.1. The van der Waals surface area contributed by atoms with Crippen molar-refractivity contribution in [3.63, 3.8) is 0 Å². The summed E-state index contributed by atoms with van der Waals surface area (Å²) in [7, 11) is 0. The van der Waals surface area contributed by atoms with Crippen LogP contribution < -0.4 is 10.1 Å². The van der Waals surface area contributed by atoms with Crippen LogP contribution in [0.1, 0.15) is 24.3 Å². The van der Waals surface area contributed by atoms with E-state index in [1.165, 1.54) is 16.5 Å². The molecule has 2 aromatic rings. The maximum absolute atomic E-state index is 13.9. The van der Waals surface area contributed by atoms with Gasteiger partial charge in [0.1, 0.15) is 6.04 Å². The van der Waals surface area contributed by atoms with Gasteiger partial charge < -0.3 is 15.0 Å². The highest BCUT2D eigenvalue weighted by Crippen LogP contribution is 2.25. The molecule has 0 spiro atoms. The third-order valence-corrected chi connectivity index (χ3v) is 5.13. The van der Waals surface area contributed by atoms with E-state index in [0.717, 1.165) is 13.0 Å². The van der Waals surface area contributed by atoms with Crippen LogP contribution >= 0.6 is 11.3 Å². The molecule has 1 aromatic carbocycles. The number of carbonyl (C=O) groups excluding carboxylic acids is 1. The average molecular weight is 348 g/mol. The molecule has 4 nitrogen and oxygen atoms in total. The van der Waals surface area contributed by atoms with Crippen LogP contribution in [0.3, 0.4) is 0 Å². The third-order valence-electron chi connectivity index (χ3n) is 4.10. The molecule has 0 bridgehead atoms. The van der Waals surface area contributed by atoms with Crippen LogP contribution in [0.4, 0.5) is 10.1 Å². The van der Waals surface area contributed by atoms with Gasteiger partial charge in [-0.25, -0.2) is 4.39 Å². The summed E-state index contributed by atoms with van der Waals surface area (Å²) in [5.41, 5.74) is 1.81. The standard InChI is InChI=1S/C18H21FN2O2S/c1-3-23-16-5-4-14(10-15(16)19)20-12(2)18(22)21-8-6-17-13(11-21)7-9-24-17/h4-5,7,9-10,12,20H,3,6,8,11H2,1-2H3/t12-/m0/s1. The molecular formula is C18H21FN2O2S. The van der Waals surface area contributed by atoms with Crippen LogP contribution in [0.15, 0.2) is 29.6 Å². The van der Waals surface area contributed by atoms with Crippen molar-refractivity contribution in [2.75, 3.05) is 18.5 Å². The number of rotatable bonds is 5. The number of thiophene rings is 1. The van der Waals surface area contributed by atoms with Gasteiger partial charge in [0.25, 0.3) is 0 Å². The zero-order valence-electron chi connectivity index (χ0n) is 13.8. The summed E-state index contributed by atoms with van der Waals surface area (Å²) in [6, 6.07) is 6.34. The molecule has 0 saturated heterocycles. The zero-order valence-corrected chi connectivity index (χ0v) is 14.7. The average Bonchev–Trinajstić information content (AvgIpc) is 3.04. The van der Waals surface area contributed by atoms with E-state index in [1.54, 1.807) is 30.4 Å². The Morgan fingerprint density at radius 2 is 2.29 bits per heavy atom. The van der Waals surface area contributed by atoms with Crippen molar-refractivity contribution in [1.82, 2.24) is 4.90 Å². The molecular weight excluding hydrogens is 327 g/mol. The Hall–Kier alpha value is -2.08. The molecule has 1 aliphatic heterocycles. The van der Waals surface area contributed by atoms with Gasteiger partial charge in [-0.05, 0) is 49.4 Å². The van der Waals surface area contributed by atoms with Crippen molar-refractivity contribution in [3.05, 3.63) is 45.9 Å². The molecule has 0 saturated carbocycles. The second-order valence-corrected chi connectivity index (χ2v) is 6.82. The van der Waals surface area contributed by atoms with Crippen molar-refractivity contribution < 1.29 is 13.9 Å². The van der Waals surface area contributed by atoms with E-state index in [1.807, 2.05) is 11.8 Å². The normalized spacial score (nSPS) is 14.9. The predicted molar refractivity (Wildman–Crippen MR) is 94.1 cm³/mol. The predicted octanol–water partition coefficient (Wildman–Crippen LogP) is 3.67. The molecule has 0 aliphatic carbocycles. The van der Waals surface area contributed by atoms with E-state index in [0.29, 0.717) is 18.8 Å². The van der Waals surface area contributed by atoms with Crippen molar-refractivity contribution in [1.29, 1.82) is 0 Å². The fourth-order valence-corrected chi connectivity index (χ4v) is 3.78. The minimum Gasteiger partial charge on any atom is -0.491 e. The lowest BCUT2D eigenvalue weighted by Gasteiger charge is -2.30. The fraction of sp³-hybridized carbons (Fsp3) is 0.389. The fourth-order valence-electron chi connectivity index (χ4n) is 2.89. The molecule has 24 heavy (non-hydrogen) atoms. The summed E-state index contributed by atoms with van der Waals surface area (Å²) >= 11 is 1.75. The summed E-state index contributed by atoms with van der Waals surface area (Å²) in [5.74, 6) is -0.174. The van der Waals surface area contributed by atoms with E-state index >= 15 is 0 Å². The molecule has 0 fully saturated rings. The molecule has 128 valence electrons. The number of hydrogen-bond acceptors (Lipinski definition) is 4. The van der Waals surface area contributed by atoms with E-state index in [2.05, 4.69) is 16.8 Å². The minimum atomic E-state index is -0.428. The Balaban J connectivity index is 1.63. The number of halogens is 1. The van der Waals surface area contributed by atoms with E-state index < -0.39 is 11.9 Å². The van der Waals surface area contributed by atoms with Gasteiger partial charge in [-0.3, -0.25) is 4.79 Å². The summed E-state index contributed by atoms with van der Waals surface area (Å²) in [5, 5.41) is 5.16. The number of anilines is 1. The summed E-state index contributed by atoms with van der Waals surface area (Å²) in [4.78, 5) is 15.9. The first-order valence-electron chi connectivity index (χ1n) is 8.11. The number of nitrogens with one attached hydrogen (secondary N) is 1. The van der Waals surface area contributed by atoms with Gasteiger partial charge in [0.15, 0.2) is 11.6 Å². The van der Waals surface area contributed by atoms with Crippen molar-refractivity contribution in [2.45, 2.75) is 32.9 Å². The molecule has 1 aliphatic rings. The van der Waals surface area contributed by atoms with Crippen LogP contribution in [-0.4, -0.2) is 30.0 Å². The largest absolute Gasteiger partial charge is 0.491 e. The number of amides is 1. The monoisotopic (exact) mass is 348 g/mol. The van der Waals surface area contributed by atoms with Gasteiger partial charge in [-0.15, -0.1) is 11.3 Å². The second kappa shape index (κ2) is 7.21. The minimum absolute atomic E-state index is 0.0288. The first kappa shape index (κ1) is 16.8. The lowest BCUT2D eigenvalue weighted by molar-refractivity contribution is -0.132. The Bertz CT molecular complexity index is 732. The van der Waals surface area contributed by atoms with Gasteiger partial charge in [-0.2, -0.15) is 0 Å². The topological polar surface area (TPSA) is 41.6 Å². The number of nitrogens with zero attached hydrogens (tertiary/aromatic N) is 1. The van der Waals surface area contributed by atoms with Gasteiger partial charge in [0.05, 0.1) is 6.61 Å². The molecule has 2 heterocycles. The smallest absolute Gasteiger partial charge is 0.245 e. The molecule has 1 atom stereocenters. The number of fused-ring (bicyclic) bond motifs is 1. The lowest BCUT2D eigenvalue weighted by atomic mass is 10.1. The van der Waals surface area contributed by atoms with Crippen LogP contribution in [0.5, 0.6) is 5.75 Å². The highest BCUT2D eigenvalue weighted by molar-refractivity contribution is 7.10.